The van der Waals surface area contributed by atoms with Crippen LogP contribution in [0.1, 0.15) is 16.0 Å². The summed E-state index contributed by atoms with van der Waals surface area (Å²) < 4.78 is 5.77. The smallest absolute Gasteiger partial charge is 0.320 e. The zero-order valence-corrected chi connectivity index (χ0v) is 15.0. The first-order valence-electron chi connectivity index (χ1n) is 8.16. The predicted octanol–water partition coefficient (Wildman–Crippen LogP) is 2.48. The molecular weight excluding hydrogens is 368 g/mol. The summed E-state index contributed by atoms with van der Waals surface area (Å²) in [6, 6.07) is 13.5. The molecule has 0 unspecified atom stereocenters. The molecule has 1 atom stereocenters. The first kappa shape index (κ1) is 18.7. The highest BCUT2D eigenvalue weighted by Gasteiger charge is 2.12. The summed E-state index contributed by atoms with van der Waals surface area (Å²) in [5.74, 6) is 0.140. The molecule has 2 aromatic carbocycles. The molecule has 0 spiro atoms. The number of aromatic nitrogens is 1. The topological polar surface area (TPSA) is 126 Å². The molecule has 7 nitrogen and oxygen atoms in total. The number of nitrogens with two attached hydrogens (primary N) is 1. The summed E-state index contributed by atoms with van der Waals surface area (Å²) in [5, 5.41) is 18.5. The predicted molar refractivity (Wildman–Crippen MR) is 102 cm³/mol. The Morgan fingerprint density at radius 1 is 1.07 bits per heavy atom. The van der Waals surface area contributed by atoms with Crippen LogP contribution in [0.4, 0.5) is 0 Å². The van der Waals surface area contributed by atoms with E-state index in [1.165, 1.54) is 0 Å². The molecule has 0 radical (unpaired) electrons. The van der Waals surface area contributed by atoms with Crippen molar-refractivity contribution < 1.29 is 19.7 Å². The molecule has 0 aliphatic carbocycles. The van der Waals surface area contributed by atoms with Crippen molar-refractivity contribution in [3.63, 3.8) is 0 Å². The molecule has 0 bridgehead atoms. The second-order valence-corrected chi connectivity index (χ2v) is 7.07. The lowest BCUT2D eigenvalue weighted by atomic mass is 10.1. The van der Waals surface area contributed by atoms with Gasteiger partial charge in [0.15, 0.2) is 0 Å². The monoisotopic (exact) mass is 386 g/mol. The van der Waals surface area contributed by atoms with Crippen LogP contribution < -0.4 is 15.3 Å². The van der Waals surface area contributed by atoms with E-state index < -0.39 is 12.0 Å². The van der Waals surface area contributed by atoms with Gasteiger partial charge in [-0.1, -0.05) is 35.6 Å². The van der Waals surface area contributed by atoms with Crippen LogP contribution >= 0.6 is 11.3 Å². The number of carboxylic acids is 1. The number of hydrogen-bond acceptors (Lipinski definition) is 6. The molecule has 0 saturated heterocycles. The highest BCUT2D eigenvalue weighted by Crippen LogP contribution is 2.25. The van der Waals surface area contributed by atoms with Gasteiger partial charge in [-0.25, -0.2) is 0 Å². The number of ether oxygens (including phenoxy) is 1. The Kier molecular flexibility index (Phi) is 5.58. The number of rotatable bonds is 7. The maximum absolute atomic E-state index is 11.2. The van der Waals surface area contributed by atoms with Gasteiger partial charge in [-0.15, -0.1) is 0 Å². The summed E-state index contributed by atoms with van der Waals surface area (Å²) in [7, 11) is 0. The van der Waals surface area contributed by atoms with Gasteiger partial charge in [0.2, 0.25) is 5.88 Å². The molecule has 0 amide bonds. The van der Waals surface area contributed by atoms with E-state index in [9.17, 15) is 14.7 Å². The Morgan fingerprint density at radius 3 is 2.11 bits per heavy atom. The van der Waals surface area contributed by atoms with E-state index >= 15 is 0 Å². The number of carboxylic acid groups (broad SMARTS) is 1. The summed E-state index contributed by atoms with van der Waals surface area (Å²) in [6.07, 6.45) is 0.705. The van der Waals surface area contributed by atoms with Crippen LogP contribution in [0.15, 0.2) is 53.3 Å². The Balaban J connectivity index is 1.62. The summed E-state index contributed by atoms with van der Waals surface area (Å²) >= 11 is 0.985. The van der Waals surface area contributed by atoms with Gasteiger partial charge < -0.3 is 20.7 Å². The maximum atomic E-state index is 11.2. The Morgan fingerprint density at radius 2 is 1.63 bits per heavy atom. The zero-order valence-electron chi connectivity index (χ0n) is 14.2. The van der Waals surface area contributed by atoms with Crippen LogP contribution in [0, 0.1) is 0 Å². The number of thiazole rings is 1. The fourth-order valence-electron chi connectivity index (χ4n) is 2.50. The van der Waals surface area contributed by atoms with E-state index in [1.54, 1.807) is 36.4 Å². The number of aromatic hydroxyl groups is 1. The third kappa shape index (κ3) is 4.96. The zero-order chi connectivity index (χ0) is 19.4. The quantitative estimate of drug-likeness (QED) is 0.494. The fourth-order valence-corrected chi connectivity index (χ4v) is 3.26. The maximum Gasteiger partial charge on any atom is 0.320 e. The van der Waals surface area contributed by atoms with Crippen molar-refractivity contribution in [3.8, 4) is 17.4 Å². The first-order valence-corrected chi connectivity index (χ1v) is 8.97. The number of hydrogen-bond donors (Lipinski definition) is 4. The molecule has 5 N–H and O–H groups in total. The average molecular weight is 386 g/mol. The van der Waals surface area contributed by atoms with E-state index in [-0.39, 0.29) is 17.2 Å². The molecule has 0 saturated carbocycles. The van der Waals surface area contributed by atoms with Gasteiger partial charge in [-0.3, -0.25) is 14.6 Å². The van der Waals surface area contributed by atoms with E-state index in [1.807, 2.05) is 12.1 Å². The molecule has 3 aromatic rings. The van der Waals surface area contributed by atoms with E-state index in [0.29, 0.717) is 22.8 Å². The number of nitrogens with one attached hydrogen (secondary N) is 1. The number of H-pyrrole nitrogens is 1. The normalized spacial score (nSPS) is 11.9. The lowest BCUT2D eigenvalue weighted by molar-refractivity contribution is -0.138. The lowest BCUT2D eigenvalue weighted by Crippen LogP contribution is -2.32. The van der Waals surface area contributed by atoms with Gasteiger partial charge in [-0.2, -0.15) is 0 Å². The van der Waals surface area contributed by atoms with Gasteiger partial charge in [-0.05, 0) is 41.8 Å². The highest BCUT2D eigenvalue weighted by atomic mass is 32.1. The molecule has 140 valence electrons. The molecule has 3 rings (SSSR count). The van der Waals surface area contributed by atoms with Crippen LogP contribution in [-0.2, 0) is 17.6 Å². The second kappa shape index (κ2) is 8.07. The Hall–Kier alpha value is -3.10. The average Bonchev–Trinajstić information content (AvgIpc) is 2.95. The van der Waals surface area contributed by atoms with Crippen molar-refractivity contribution in [1.29, 1.82) is 0 Å². The molecule has 1 aromatic heterocycles. The minimum absolute atomic E-state index is 0.0898. The molecule has 0 fully saturated rings. The Labute approximate surface area is 158 Å². The standard InChI is InChI=1S/C19H18N2O5S/c20-15(18(23)24)9-11-1-5-13(6-2-11)26-14-7-3-12(4-8-14)10-16-17(22)21-19(25)27-16/h1-8,15,22H,9-10,20H2,(H,21,25)(H,23,24)/t15-/m0/s1. The lowest BCUT2D eigenvalue weighted by Gasteiger charge is -2.09. The largest absolute Gasteiger partial charge is 0.494 e. The summed E-state index contributed by atoms with van der Waals surface area (Å²) in [6.45, 7) is 0. The van der Waals surface area contributed by atoms with Gasteiger partial charge >= 0.3 is 10.8 Å². The van der Waals surface area contributed by atoms with Crippen LogP contribution in [0.3, 0.4) is 0 Å². The fraction of sp³-hybridized carbons (Fsp3) is 0.158. The number of carbonyl (C=O) groups is 1. The van der Waals surface area contributed by atoms with Crippen LogP contribution in [0.2, 0.25) is 0 Å². The highest BCUT2D eigenvalue weighted by molar-refractivity contribution is 7.09. The van der Waals surface area contributed by atoms with Crippen LogP contribution in [0.25, 0.3) is 0 Å². The number of benzene rings is 2. The SMILES string of the molecule is N[C@@H](Cc1ccc(Oc2ccc(Cc3sc(=O)[nH]c3O)cc2)cc1)C(=O)O. The van der Waals surface area contributed by atoms with Crippen molar-refractivity contribution in [2.45, 2.75) is 18.9 Å². The van der Waals surface area contributed by atoms with E-state index in [4.69, 9.17) is 15.6 Å². The molecule has 27 heavy (non-hydrogen) atoms. The van der Waals surface area contributed by atoms with Crippen molar-refractivity contribution in [2.75, 3.05) is 0 Å². The summed E-state index contributed by atoms with van der Waals surface area (Å²) in [4.78, 5) is 24.7. The van der Waals surface area contributed by atoms with E-state index in [2.05, 4.69) is 4.98 Å². The van der Waals surface area contributed by atoms with Crippen molar-refractivity contribution >= 4 is 17.3 Å². The molecule has 1 heterocycles. The third-order valence-corrected chi connectivity index (χ3v) is 4.79. The van der Waals surface area contributed by atoms with Crippen LogP contribution in [-0.4, -0.2) is 27.2 Å². The van der Waals surface area contributed by atoms with E-state index in [0.717, 1.165) is 22.5 Å². The van der Waals surface area contributed by atoms with Gasteiger partial charge in [0.25, 0.3) is 0 Å². The third-order valence-electron chi connectivity index (χ3n) is 3.92. The van der Waals surface area contributed by atoms with Gasteiger partial charge in [0.1, 0.15) is 17.5 Å². The van der Waals surface area contributed by atoms with Crippen molar-refractivity contribution in [2.24, 2.45) is 5.73 Å². The molecule has 0 aliphatic heterocycles. The number of aliphatic carboxylic acids is 1. The van der Waals surface area contributed by atoms with Crippen LogP contribution in [0.5, 0.6) is 17.4 Å². The van der Waals surface area contributed by atoms with Gasteiger partial charge in [0, 0.05) is 6.42 Å². The molecular formula is C19H18N2O5S. The molecule has 8 heteroatoms. The minimum atomic E-state index is -1.03. The molecule has 0 aliphatic rings. The number of aromatic amines is 1. The van der Waals surface area contributed by atoms with Gasteiger partial charge in [0.05, 0.1) is 4.88 Å². The van der Waals surface area contributed by atoms with Crippen molar-refractivity contribution in [1.82, 2.24) is 4.98 Å². The first-order chi connectivity index (χ1) is 12.9. The Bertz CT molecular complexity index is 977. The van der Waals surface area contributed by atoms with Crippen molar-refractivity contribution in [3.05, 3.63) is 74.2 Å². The summed E-state index contributed by atoms with van der Waals surface area (Å²) in [5.41, 5.74) is 7.28. The second-order valence-electron chi connectivity index (χ2n) is 6.00. The minimum Gasteiger partial charge on any atom is -0.494 e.